The van der Waals surface area contributed by atoms with Gasteiger partial charge in [-0.05, 0) is 55.4 Å². The summed E-state index contributed by atoms with van der Waals surface area (Å²) in [6.45, 7) is 1.40. The van der Waals surface area contributed by atoms with Crippen LogP contribution in [0.5, 0.6) is 0 Å². The Hall–Kier alpha value is -2.80. The highest BCUT2D eigenvalue weighted by atomic mass is 19.1. The van der Waals surface area contributed by atoms with Crippen molar-refractivity contribution >= 4 is 16.9 Å². The van der Waals surface area contributed by atoms with Crippen LogP contribution in [0.1, 0.15) is 43.7 Å². The number of imidazole rings is 1. The first-order valence-electron chi connectivity index (χ1n) is 10.7. The maximum atomic E-state index is 13.6. The summed E-state index contributed by atoms with van der Waals surface area (Å²) in [7, 11) is 0. The van der Waals surface area contributed by atoms with Crippen molar-refractivity contribution in [1.82, 2.24) is 19.6 Å². The van der Waals surface area contributed by atoms with E-state index in [1.807, 2.05) is 24.5 Å². The summed E-state index contributed by atoms with van der Waals surface area (Å²) in [5.74, 6) is 0.130. The molecule has 1 saturated heterocycles. The fraction of sp³-hybridized carbons (Fsp3) is 0.435. The van der Waals surface area contributed by atoms with E-state index in [0.717, 1.165) is 43.3 Å². The molecule has 2 aliphatic rings. The average Bonchev–Trinajstić information content (AvgIpc) is 3.42. The number of amides is 1. The predicted molar refractivity (Wildman–Crippen MR) is 110 cm³/mol. The van der Waals surface area contributed by atoms with Gasteiger partial charge < -0.3 is 4.57 Å². The maximum Gasteiger partial charge on any atom is 0.249 e. The molecular weight excluding hydrogens is 383 g/mol. The van der Waals surface area contributed by atoms with Gasteiger partial charge in [-0.2, -0.15) is 0 Å². The first kappa shape index (κ1) is 19.2. The number of aromatic nitrogens is 3. The second kappa shape index (κ2) is 8.14. The topological polar surface area (TPSA) is 60.2 Å². The van der Waals surface area contributed by atoms with Gasteiger partial charge in [0, 0.05) is 25.1 Å². The Bertz CT molecular complexity index is 1040. The molecule has 0 spiro atoms. The number of benzene rings is 1. The molecule has 156 valence electrons. The fourth-order valence-electron chi connectivity index (χ4n) is 4.81. The van der Waals surface area contributed by atoms with Crippen molar-refractivity contribution in [2.24, 2.45) is 11.8 Å². The van der Waals surface area contributed by atoms with Gasteiger partial charge >= 0.3 is 0 Å². The second-order valence-electron chi connectivity index (χ2n) is 8.34. The standard InChI is InChI=1S/C23H25FN4O2/c24-19-11-18(12-25-13-19)21-9-10-30-28(21)23(29)17-7-5-16(6-8-17)14-27-15-26-20-3-1-2-4-22(20)27/h1-4,11-13,15-17,21H,5-10,14H2/t16?,17?,21-/m0/s1. The molecule has 6 nitrogen and oxygen atoms in total. The van der Waals surface area contributed by atoms with Gasteiger partial charge in [0.15, 0.2) is 0 Å². The number of fused-ring (bicyclic) bond motifs is 1. The van der Waals surface area contributed by atoms with Crippen molar-refractivity contribution in [3.8, 4) is 0 Å². The van der Waals surface area contributed by atoms with E-state index < -0.39 is 0 Å². The normalized spacial score (nSPS) is 24.4. The van der Waals surface area contributed by atoms with Crippen molar-refractivity contribution in [3.05, 3.63) is 60.4 Å². The van der Waals surface area contributed by atoms with Crippen LogP contribution in [0.15, 0.2) is 49.1 Å². The van der Waals surface area contributed by atoms with Crippen molar-refractivity contribution in [2.75, 3.05) is 6.61 Å². The van der Waals surface area contributed by atoms with Gasteiger partial charge in [-0.3, -0.25) is 14.6 Å². The van der Waals surface area contributed by atoms with Crippen LogP contribution in [0.25, 0.3) is 11.0 Å². The van der Waals surface area contributed by atoms with Crippen LogP contribution in [0, 0.1) is 17.7 Å². The van der Waals surface area contributed by atoms with Crippen molar-refractivity contribution in [1.29, 1.82) is 0 Å². The van der Waals surface area contributed by atoms with E-state index >= 15 is 0 Å². The monoisotopic (exact) mass is 408 g/mol. The highest BCUT2D eigenvalue weighted by Crippen LogP contribution is 2.36. The van der Waals surface area contributed by atoms with Crippen LogP contribution in [-0.2, 0) is 16.2 Å². The Balaban J connectivity index is 1.21. The highest BCUT2D eigenvalue weighted by molar-refractivity contribution is 5.78. The number of hydrogen-bond acceptors (Lipinski definition) is 4. The lowest BCUT2D eigenvalue weighted by Gasteiger charge is -2.32. The summed E-state index contributed by atoms with van der Waals surface area (Å²) in [5.41, 5.74) is 2.87. The average molecular weight is 408 g/mol. The minimum absolute atomic E-state index is 0.0216. The zero-order chi connectivity index (χ0) is 20.5. The molecule has 3 heterocycles. The van der Waals surface area contributed by atoms with Crippen molar-refractivity contribution in [3.63, 3.8) is 0 Å². The van der Waals surface area contributed by atoms with Crippen LogP contribution in [-0.4, -0.2) is 32.1 Å². The van der Waals surface area contributed by atoms with Crippen LogP contribution < -0.4 is 0 Å². The van der Waals surface area contributed by atoms with E-state index in [0.29, 0.717) is 24.5 Å². The van der Waals surface area contributed by atoms with E-state index in [1.54, 1.807) is 6.20 Å². The number of nitrogens with zero attached hydrogens (tertiary/aromatic N) is 4. The molecule has 0 radical (unpaired) electrons. The molecule has 1 atom stereocenters. The van der Waals surface area contributed by atoms with Gasteiger partial charge in [0.05, 0.1) is 36.2 Å². The predicted octanol–water partition coefficient (Wildman–Crippen LogP) is 4.28. The number of hydroxylamine groups is 2. The van der Waals surface area contributed by atoms with Crippen molar-refractivity contribution in [2.45, 2.75) is 44.7 Å². The second-order valence-corrected chi connectivity index (χ2v) is 8.34. The minimum Gasteiger partial charge on any atom is -0.330 e. The zero-order valence-corrected chi connectivity index (χ0v) is 16.8. The third-order valence-corrected chi connectivity index (χ3v) is 6.41. The molecule has 0 N–H and O–H groups in total. The molecule has 2 aromatic heterocycles. The number of pyridine rings is 1. The summed E-state index contributed by atoms with van der Waals surface area (Å²) in [6.07, 6.45) is 9.09. The molecule has 0 bridgehead atoms. The van der Waals surface area contributed by atoms with Crippen LogP contribution in [0.2, 0.25) is 0 Å². The van der Waals surface area contributed by atoms with E-state index in [2.05, 4.69) is 20.6 Å². The Morgan fingerprint density at radius 1 is 1.13 bits per heavy atom. The first-order chi connectivity index (χ1) is 14.7. The van der Waals surface area contributed by atoms with E-state index in [-0.39, 0.29) is 23.7 Å². The van der Waals surface area contributed by atoms with Crippen LogP contribution in [0.4, 0.5) is 4.39 Å². The van der Waals surface area contributed by atoms with Crippen molar-refractivity contribution < 1.29 is 14.0 Å². The van der Waals surface area contributed by atoms with E-state index in [4.69, 9.17) is 4.84 Å². The number of para-hydroxylation sites is 2. The van der Waals surface area contributed by atoms with Gasteiger partial charge in [0.2, 0.25) is 5.91 Å². The molecule has 3 aromatic rings. The molecule has 30 heavy (non-hydrogen) atoms. The van der Waals surface area contributed by atoms with Gasteiger partial charge in [-0.1, -0.05) is 12.1 Å². The zero-order valence-electron chi connectivity index (χ0n) is 16.8. The highest BCUT2D eigenvalue weighted by Gasteiger charge is 2.37. The molecular formula is C23H25FN4O2. The molecule has 1 amide bonds. The number of hydrogen-bond donors (Lipinski definition) is 0. The van der Waals surface area contributed by atoms with Crippen LogP contribution >= 0.6 is 0 Å². The summed E-state index contributed by atoms with van der Waals surface area (Å²) in [4.78, 5) is 27.2. The molecule has 2 fully saturated rings. The summed E-state index contributed by atoms with van der Waals surface area (Å²) in [5, 5.41) is 1.48. The molecule has 1 aliphatic heterocycles. The fourth-order valence-corrected chi connectivity index (χ4v) is 4.81. The van der Waals surface area contributed by atoms with E-state index in [1.165, 1.54) is 17.3 Å². The number of carbonyl (C=O) groups is 1. The Morgan fingerprint density at radius 3 is 2.80 bits per heavy atom. The summed E-state index contributed by atoms with van der Waals surface area (Å²) in [6, 6.07) is 9.36. The van der Waals surface area contributed by atoms with Gasteiger partial charge in [0.25, 0.3) is 0 Å². The van der Waals surface area contributed by atoms with Crippen LogP contribution in [0.3, 0.4) is 0 Å². The molecule has 1 aromatic carbocycles. The Kier molecular flexibility index (Phi) is 5.21. The lowest BCUT2D eigenvalue weighted by atomic mass is 9.81. The van der Waals surface area contributed by atoms with Gasteiger partial charge in [0.1, 0.15) is 5.82 Å². The largest absolute Gasteiger partial charge is 0.330 e. The number of rotatable bonds is 4. The molecule has 0 unspecified atom stereocenters. The molecule has 1 aliphatic carbocycles. The summed E-state index contributed by atoms with van der Waals surface area (Å²) >= 11 is 0. The Labute approximate surface area is 174 Å². The smallest absolute Gasteiger partial charge is 0.249 e. The SMILES string of the molecule is O=C(C1CCC(Cn2cnc3ccccc32)CC1)N1OCC[C@H]1c1cncc(F)c1. The Morgan fingerprint density at radius 2 is 1.97 bits per heavy atom. The third-order valence-electron chi connectivity index (χ3n) is 6.41. The minimum atomic E-state index is -0.390. The molecule has 7 heteroatoms. The lowest BCUT2D eigenvalue weighted by Crippen LogP contribution is -2.37. The lowest BCUT2D eigenvalue weighted by molar-refractivity contribution is -0.183. The summed E-state index contributed by atoms with van der Waals surface area (Å²) < 4.78 is 15.8. The number of carbonyl (C=O) groups excluding carboxylic acids is 1. The molecule has 5 rings (SSSR count). The quantitative estimate of drug-likeness (QED) is 0.646. The van der Waals surface area contributed by atoms with E-state index in [9.17, 15) is 9.18 Å². The molecule has 1 saturated carbocycles. The van der Waals surface area contributed by atoms with Gasteiger partial charge in [-0.15, -0.1) is 0 Å². The van der Waals surface area contributed by atoms with Gasteiger partial charge in [-0.25, -0.2) is 14.4 Å². The third kappa shape index (κ3) is 3.69. The maximum absolute atomic E-state index is 13.6. The number of halogens is 1. The first-order valence-corrected chi connectivity index (χ1v) is 10.7.